The Hall–Kier alpha value is -2.97. The lowest BCUT2D eigenvalue weighted by molar-refractivity contribution is -0.166. The summed E-state index contributed by atoms with van der Waals surface area (Å²) < 4.78 is 11.3. The molecule has 2 aliphatic heterocycles. The van der Waals surface area contributed by atoms with Gasteiger partial charge < -0.3 is 20.1 Å². The standard InChI is InChI=1S/C25H31N3O6/c1-20(2)22(5)10-12-24(20,33-18(22)31)16(29)27-14-8-7-9-15(26-14)28-17(30)25-13-11-23(6,19(32)34-25)21(25,3)4/h7-9H,10-13H2,1-6H3,(H2,26,27,28,29,30)/t22-,23-,24?,25?/m0/s1. The van der Waals surface area contributed by atoms with Crippen molar-refractivity contribution in [3.8, 4) is 0 Å². The highest BCUT2D eigenvalue weighted by molar-refractivity contribution is 6.04. The van der Waals surface area contributed by atoms with Crippen molar-refractivity contribution in [2.75, 3.05) is 10.6 Å². The van der Waals surface area contributed by atoms with Gasteiger partial charge in [-0.3, -0.25) is 19.2 Å². The molecule has 2 saturated heterocycles. The van der Waals surface area contributed by atoms with Crippen LogP contribution in [0.3, 0.4) is 0 Å². The molecule has 3 heterocycles. The van der Waals surface area contributed by atoms with Gasteiger partial charge in [0.25, 0.3) is 11.8 Å². The van der Waals surface area contributed by atoms with Crippen molar-refractivity contribution in [3.63, 3.8) is 0 Å². The number of nitrogens with one attached hydrogen (secondary N) is 2. The Morgan fingerprint density at radius 1 is 0.735 bits per heavy atom. The molecule has 4 fully saturated rings. The van der Waals surface area contributed by atoms with Gasteiger partial charge in [0.15, 0.2) is 11.2 Å². The number of pyridine rings is 1. The fourth-order valence-corrected chi connectivity index (χ4v) is 6.50. The van der Waals surface area contributed by atoms with Crippen LogP contribution in [0.4, 0.5) is 11.6 Å². The van der Waals surface area contributed by atoms with Gasteiger partial charge in [0.05, 0.1) is 10.8 Å². The number of carbonyl (C=O) groups excluding carboxylic acids is 4. The molecule has 4 atom stereocenters. The third kappa shape index (κ3) is 2.33. The molecular weight excluding hydrogens is 438 g/mol. The molecule has 182 valence electrons. The first-order valence-electron chi connectivity index (χ1n) is 11.7. The molecule has 2 aliphatic carbocycles. The van der Waals surface area contributed by atoms with E-state index in [-0.39, 0.29) is 23.6 Å². The van der Waals surface area contributed by atoms with E-state index in [9.17, 15) is 19.2 Å². The molecule has 0 radical (unpaired) electrons. The number of amides is 2. The van der Waals surface area contributed by atoms with Crippen molar-refractivity contribution in [2.45, 2.75) is 78.4 Å². The molecule has 0 aromatic carbocycles. The van der Waals surface area contributed by atoms with Gasteiger partial charge in [0.1, 0.15) is 11.6 Å². The Morgan fingerprint density at radius 3 is 1.41 bits per heavy atom. The summed E-state index contributed by atoms with van der Waals surface area (Å²) >= 11 is 0. The predicted octanol–water partition coefficient (Wildman–Crippen LogP) is 3.20. The Balaban J connectivity index is 1.36. The van der Waals surface area contributed by atoms with Crippen LogP contribution in [0.5, 0.6) is 0 Å². The van der Waals surface area contributed by atoms with Crippen LogP contribution in [0.15, 0.2) is 18.2 Å². The highest BCUT2D eigenvalue weighted by Crippen LogP contribution is 2.66. The number of nitrogens with zero attached hydrogens (tertiary/aromatic N) is 1. The number of esters is 2. The smallest absolute Gasteiger partial charge is 0.313 e. The molecule has 1 aromatic heterocycles. The summed E-state index contributed by atoms with van der Waals surface area (Å²) in [6.07, 6.45) is 2.02. The third-order valence-corrected chi connectivity index (χ3v) is 10.1. The van der Waals surface area contributed by atoms with Crippen molar-refractivity contribution >= 4 is 35.4 Å². The van der Waals surface area contributed by atoms with Gasteiger partial charge in [-0.1, -0.05) is 33.8 Å². The van der Waals surface area contributed by atoms with Crippen molar-refractivity contribution in [1.29, 1.82) is 0 Å². The topological polar surface area (TPSA) is 124 Å². The van der Waals surface area contributed by atoms with Crippen LogP contribution in [0.2, 0.25) is 0 Å². The summed E-state index contributed by atoms with van der Waals surface area (Å²) in [6.45, 7) is 11.2. The van der Waals surface area contributed by atoms with Crippen LogP contribution in [0.1, 0.15) is 67.2 Å². The maximum absolute atomic E-state index is 13.3. The lowest BCUT2D eigenvalue weighted by Crippen LogP contribution is -2.51. The van der Waals surface area contributed by atoms with E-state index >= 15 is 0 Å². The quantitative estimate of drug-likeness (QED) is 0.649. The Kier molecular flexibility index (Phi) is 4.27. The van der Waals surface area contributed by atoms with Crippen LogP contribution in [0, 0.1) is 21.7 Å². The summed E-state index contributed by atoms with van der Waals surface area (Å²) in [5.41, 5.74) is -5.33. The molecular formula is C25H31N3O6. The van der Waals surface area contributed by atoms with Gasteiger partial charge in [0, 0.05) is 10.8 Å². The van der Waals surface area contributed by atoms with Crippen LogP contribution >= 0.6 is 0 Å². The Labute approximate surface area is 198 Å². The molecule has 4 bridgehead atoms. The van der Waals surface area contributed by atoms with Gasteiger partial charge in [-0.25, -0.2) is 4.98 Å². The van der Waals surface area contributed by atoms with Gasteiger partial charge in [-0.15, -0.1) is 0 Å². The highest BCUT2D eigenvalue weighted by Gasteiger charge is 2.76. The zero-order chi connectivity index (χ0) is 24.9. The van der Waals surface area contributed by atoms with Crippen molar-refractivity contribution in [3.05, 3.63) is 18.2 Å². The first kappa shape index (κ1) is 22.8. The average Bonchev–Trinajstić information content (AvgIpc) is 3.22. The summed E-state index contributed by atoms with van der Waals surface area (Å²) in [6, 6.07) is 4.86. The minimum atomic E-state index is -1.27. The van der Waals surface area contributed by atoms with E-state index in [0.717, 1.165) is 0 Å². The van der Waals surface area contributed by atoms with Crippen LogP contribution in [-0.2, 0) is 28.7 Å². The number of aromatic nitrogens is 1. The number of hydrogen-bond acceptors (Lipinski definition) is 7. The van der Waals surface area contributed by atoms with E-state index in [0.29, 0.717) is 25.7 Å². The minimum Gasteiger partial charge on any atom is -0.448 e. The highest BCUT2D eigenvalue weighted by atomic mass is 16.6. The van der Waals surface area contributed by atoms with Crippen molar-refractivity contribution < 1.29 is 28.7 Å². The van der Waals surface area contributed by atoms with Gasteiger partial charge in [-0.05, 0) is 51.7 Å². The Morgan fingerprint density at radius 2 is 1.12 bits per heavy atom. The molecule has 9 nitrogen and oxygen atoms in total. The van der Waals surface area contributed by atoms with E-state index in [1.165, 1.54) is 0 Å². The van der Waals surface area contributed by atoms with Crippen LogP contribution in [-0.4, -0.2) is 39.9 Å². The maximum Gasteiger partial charge on any atom is 0.313 e. The van der Waals surface area contributed by atoms with Crippen LogP contribution < -0.4 is 10.6 Å². The van der Waals surface area contributed by atoms with E-state index < -0.39 is 44.7 Å². The zero-order valence-electron chi connectivity index (χ0n) is 20.5. The fourth-order valence-electron chi connectivity index (χ4n) is 6.50. The maximum atomic E-state index is 13.3. The molecule has 34 heavy (non-hydrogen) atoms. The van der Waals surface area contributed by atoms with Crippen molar-refractivity contribution in [2.24, 2.45) is 21.7 Å². The monoisotopic (exact) mass is 469 g/mol. The van der Waals surface area contributed by atoms with Crippen molar-refractivity contribution in [1.82, 2.24) is 4.98 Å². The number of anilines is 2. The first-order valence-corrected chi connectivity index (χ1v) is 11.7. The van der Waals surface area contributed by atoms with E-state index in [1.807, 2.05) is 41.5 Å². The second-order valence-corrected chi connectivity index (χ2v) is 11.7. The van der Waals surface area contributed by atoms with E-state index in [4.69, 9.17) is 9.47 Å². The summed E-state index contributed by atoms with van der Waals surface area (Å²) in [4.78, 5) is 56.0. The molecule has 5 rings (SSSR count). The minimum absolute atomic E-state index is 0.223. The second kappa shape index (κ2) is 6.37. The number of ether oxygens (including phenoxy) is 2. The lowest BCUT2D eigenvalue weighted by atomic mass is 9.66. The average molecular weight is 470 g/mol. The normalized spacial score (nSPS) is 38.4. The van der Waals surface area contributed by atoms with Gasteiger partial charge in [0.2, 0.25) is 0 Å². The molecule has 1 aromatic rings. The largest absolute Gasteiger partial charge is 0.448 e. The number of hydrogen-bond donors (Lipinski definition) is 2. The molecule has 9 heteroatoms. The predicted molar refractivity (Wildman–Crippen MR) is 121 cm³/mol. The first-order chi connectivity index (χ1) is 15.7. The fraction of sp³-hybridized carbons (Fsp3) is 0.640. The van der Waals surface area contributed by atoms with E-state index in [1.54, 1.807) is 18.2 Å². The molecule has 2 saturated carbocycles. The van der Waals surface area contributed by atoms with Gasteiger partial charge in [-0.2, -0.15) is 0 Å². The summed E-state index contributed by atoms with van der Waals surface area (Å²) in [5.74, 6) is -1.13. The lowest BCUT2D eigenvalue weighted by Gasteiger charge is -2.35. The molecule has 0 spiro atoms. The number of carbonyl (C=O) groups is 4. The van der Waals surface area contributed by atoms with Gasteiger partial charge >= 0.3 is 11.9 Å². The molecule has 2 unspecified atom stereocenters. The molecule has 2 amide bonds. The summed E-state index contributed by atoms with van der Waals surface area (Å²) in [7, 11) is 0. The summed E-state index contributed by atoms with van der Waals surface area (Å²) in [5, 5.41) is 5.55. The zero-order valence-corrected chi connectivity index (χ0v) is 20.5. The molecule has 2 N–H and O–H groups in total. The Bertz CT molecular complexity index is 1080. The van der Waals surface area contributed by atoms with Crippen LogP contribution in [0.25, 0.3) is 0 Å². The van der Waals surface area contributed by atoms with E-state index in [2.05, 4.69) is 15.6 Å². The number of fused-ring (bicyclic) bond motifs is 4. The SMILES string of the molecule is CC1(C)C2(C(=O)Nc3cccc(NC(=O)C45CC[C@@](C)(C(=O)O4)C5(C)C)n3)CC[C@@]1(C)C(=O)O2. The molecule has 4 aliphatic rings. The second-order valence-electron chi connectivity index (χ2n) is 11.7. The number of rotatable bonds is 4. The third-order valence-electron chi connectivity index (χ3n) is 10.1.